The van der Waals surface area contributed by atoms with Crippen molar-refractivity contribution in [2.24, 2.45) is 0 Å². The van der Waals surface area contributed by atoms with Crippen LogP contribution in [0.5, 0.6) is 0 Å². The minimum Gasteiger partial charge on any atom is -0.463 e. The number of hydrogen-bond donors (Lipinski definition) is 0. The van der Waals surface area contributed by atoms with E-state index in [2.05, 4.69) is 0 Å². The van der Waals surface area contributed by atoms with Gasteiger partial charge >= 0.3 is 5.97 Å². The number of carbonyl (C=O) groups excluding carboxylic acids is 3. The van der Waals surface area contributed by atoms with Crippen molar-refractivity contribution in [2.75, 3.05) is 26.4 Å². The molecule has 0 unspecified atom stereocenters. The molecule has 8 nitrogen and oxygen atoms in total. The van der Waals surface area contributed by atoms with Crippen molar-refractivity contribution in [3.8, 4) is 17.4 Å². The highest BCUT2D eigenvalue weighted by Crippen LogP contribution is 2.33. The minimum absolute atomic E-state index is 0.0176. The molecule has 1 aliphatic heterocycles. The van der Waals surface area contributed by atoms with Gasteiger partial charge in [-0.25, -0.2) is 0 Å². The second-order valence-corrected chi connectivity index (χ2v) is 8.05. The molecule has 0 radical (unpaired) electrons. The fourth-order valence-corrected chi connectivity index (χ4v) is 3.74. The zero-order chi connectivity index (χ0) is 24.8. The summed E-state index contributed by atoms with van der Waals surface area (Å²) in [6.45, 7) is 2.93. The Morgan fingerprint density at radius 2 is 1.91 bits per heavy atom. The molecule has 1 aromatic heterocycles. The van der Waals surface area contributed by atoms with Crippen LogP contribution >= 0.6 is 23.2 Å². The van der Waals surface area contributed by atoms with Crippen LogP contribution in [-0.4, -0.2) is 49.0 Å². The van der Waals surface area contributed by atoms with Crippen LogP contribution in [0.2, 0.25) is 10.0 Å². The lowest BCUT2D eigenvalue weighted by Crippen LogP contribution is -2.44. The fourth-order valence-electron chi connectivity index (χ4n) is 3.24. The first-order valence-electron chi connectivity index (χ1n) is 10.2. The number of benzene rings is 1. The van der Waals surface area contributed by atoms with E-state index in [4.69, 9.17) is 37.1 Å². The van der Waals surface area contributed by atoms with Crippen LogP contribution in [0.4, 0.5) is 0 Å². The topological polar surface area (TPSA) is 110 Å². The quantitative estimate of drug-likeness (QED) is 0.227. The summed E-state index contributed by atoms with van der Waals surface area (Å²) in [5.74, 6) is -0.897. The van der Waals surface area contributed by atoms with E-state index in [1.165, 1.54) is 19.9 Å². The highest BCUT2D eigenvalue weighted by Gasteiger charge is 2.35. The summed E-state index contributed by atoms with van der Waals surface area (Å²) in [5.41, 5.74) is 0.892. The van der Waals surface area contributed by atoms with Crippen molar-refractivity contribution in [3.05, 3.63) is 62.9 Å². The van der Waals surface area contributed by atoms with E-state index in [1.807, 2.05) is 6.07 Å². The van der Waals surface area contributed by atoms with Crippen molar-refractivity contribution >= 4 is 47.1 Å². The molecule has 0 atom stereocenters. The fraction of sp³-hybridized carbons (Fsp3) is 0.250. The van der Waals surface area contributed by atoms with E-state index < -0.39 is 17.8 Å². The van der Waals surface area contributed by atoms with Gasteiger partial charge in [-0.2, -0.15) is 5.26 Å². The number of imide groups is 1. The Morgan fingerprint density at radius 3 is 2.59 bits per heavy atom. The van der Waals surface area contributed by atoms with E-state index >= 15 is 0 Å². The molecule has 2 aromatic rings. The van der Waals surface area contributed by atoms with Crippen LogP contribution in [-0.2, 0) is 23.9 Å². The number of amides is 2. The van der Waals surface area contributed by atoms with Gasteiger partial charge in [-0.05, 0) is 48.9 Å². The molecule has 10 heteroatoms. The molecule has 0 saturated carbocycles. The van der Waals surface area contributed by atoms with Gasteiger partial charge in [0.25, 0.3) is 11.8 Å². The van der Waals surface area contributed by atoms with Gasteiger partial charge in [-0.3, -0.25) is 19.3 Å². The van der Waals surface area contributed by atoms with E-state index in [-0.39, 0.29) is 43.1 Å². The number of carbonyl (C=O) groups is 3. The minimum atomic E-state index is -0.696. The van der Waals surface area contributed by atoms with E-state index in [0.717, 1.165) is 4.90 Å². The van der Waals surface area contributed by atoms with Gasteiger partial charge in [-0.1, -0.05) is 23.2 Å². The molecular weight excluding hydrogens is 483 g/mol. The van der Waals surface area contributed by atoms with Gasteiger partial charge in [0.1, 0.15) is 29.8 Å². The maximum absolute atomic E-state index is 13.1. The third-order valence-electron chi connectivity index (χ3n) is 4.93. The molecule has 0 bridgehead atoms. The number of rotatable bonds is 8. The maximum Gasteiger partial charge on any atom is 0.302 e. The summed E-state index contributed by atoms with van der Waals surface area (Å²) < 4.78 is 15.9. The molecular formula is C24H20Cl2N2O6. The summed E-state index contributed by atoms with van der Waals surface area (Å²) >= 11 is 12.2. The number of nitriles is 1. The van der Waals surface area contributed by atoms with E-state index in [1.54, 1.807) is 30.3 Å². The molecule has 1 aliphatic rings. The molecule has 2 heterocycles. The first-order valence-corrected chi connectivity index (χ1v) is 10.9. The van der Waals surface area contributed by atoms with Crippen LogP contribution in [0.1, 0.15) is 19.6 Å². The summed E-state index contributed by atoms with van der Waals surface area (Å²) in [7, 11) is 0. The van der Waals surface area contributed by atoms with Gasteiger partial charge in [0.2, 0.25) is 0 Å². The van der Waals surface area contributed by atoms with Gasteiger partial charge in [-0.15, -0.1) is 0 Å². The third-order valence-corrected chi connectivity index (χ3v) is 5.48. The number of hydrogen-bond acceptors (Lipinski definition) is 7. The largest absolute Gasteiger partial charge is 0.463 e. The Labute approximate surface area is 205 Å². The normalized spacial score (nSPS) is 15.1. The number of ether oxygens (including phenoxy) is 2. The Morgan fingerprint density at radius 1 is 1.15 bits per heavy atom. The third kappa shape index (κ3) is 5.75. The summed E-state index contributed by atoms with van der Waals surface area (Å²) in [6, 6.07) is 10.2. The average Bonchev–Trinajstić information content (AvgIpc) is 3.24. The van der Waals surface area contributed by atoms with Crippen molar-refractivity contribution in [3.63, 3.8) is 0 Å². The monoisotopic (exact) mass is 502 g/mol. The van der Waals surface area contributed by atoms with Crippen LogP contribution in [0.25, 0.3) is 17.4 Å². The second-order valence-electron chi connectivity index (χ2n) is 7.21. The lowest BCUT2D eigenvalue weighted by Gasteiger charge is -2.27. The van der Waals surface area contributed by atoms with Crippen LogP contribution in [0, 0.1) is 11.3 Å². The Balaban J connectivity index is 1.81. The van der Waals surface area contributed by atoms with Crippen LogP contribution < -0.4 is 0 Å². The molecule has 34 heavy (non-hydrogen) atoms. The molecule has 2 amide bonds. The van der Waals surface area contributed by atoms with Crippen molar-refractivity contribution < 1.29 is 28.3 Å². The van der Waals surface area contributed by atoms with Crippen molar-refractivity contribution in [1.29, 1.82) is 5.26 Å². The van der Waals surface area contributed by atoms with Crippen molar-refractivity contribution in [1.82, 2.24) is 4.90 Å². The predicted molar refractivity (Wildman–Crippen MR) is 125 cm³/mol. The molecule has 0 N–H and O–H groups in total. The van der Waals surface area contributed by atoms with Crippen LogP contribution in [0.15, 0.2) is 51.5 Å². The first kappa shape index (κ1) is 25.2. The smallest absolute Gasteiger partial charge is 0.302 e. The predicted octanol–water partition coefficient (Wildman–Crippen LogP) is 4.43. The Hall–Kier alpha value is -3.38. The summed E-state index contributed by atoms with van der Waals surface area (Å²) in [6.07, 6.45) is 1.48. The lowest BCUT2D eigenvalue weighted by atomic mass is 9.94. The zero-order valence-corrected chi connectivity index (χ0v) is 19.9. The Bertz CT molecular complexity index is 1240. The van der Waals surface area contributed by atoms with E-state index in [9.17, 15) is 19.6 Å². The van der Waals surface area contributed by atoms with Gasteiger partial charge in [0.15, 0.2) is 0 Å². The standard InChI is InChI=1S/C24H20Cl2N2O6/c1-14-19(12-17-4-6-22(34-17)18-5-3-16(25)11-21(18)26)23(30)28(24(31)20(14)13-27)7-8-32-9-10-33-15(2)29/h3-6,11-12H,7-10H2,1-2H3/b19-12+. The SMILES string of the molecule is CC(=O)OCCOCCN1C(=O)C(C#N)=C(C)/C(=C\c2ccc(-c3ccc(Cl)cc3Cl)o2)C1=O. The number of nitrogens with zero attached hydrogens (tertiary/aromatic N) is 2. The average molecular weight is 503 g/mol. The van der Waals surface area contributed by atoms with Gasteiger partial charge in [0, 0.05) is 23.1 Å². The molecule has 176 valence electrons. The number of furan rings is 1. The highest BCUT2D eigenvalue weighted by molar-refractivity contribution is 6.36. The molecule has 1 aromatic carbocycles. The Kier molecular flexibility index (Phi) is 8.29. The van der Waals surface area contributed by atoms with E-state index in [0.29, 0.717) is 27.1 Å². The molecule has 0 spiro atoms. The lowest BCUT2D eigenvalue weighted by molar-refractivity contribution is -0.142. The first-order chi connectivity index (χ1) is 16.2. The van der Waals surface area contributed by atoms with Crippen molar-refractivity contribution in [2.45, 2.75) is 13.8 Å². The molecule has 3 rings (SSSR count). The maximum atomic E-state index is 13.1. The second kappa shape index (κ2) is 11.2. The molecule has 0 saturated heterocycles. The molecule has 0 fully saturated rings. The highest BCUT2D eigenvalue weighted by atomic mass is 35.5. The number of esters is 1. The van der Waals surface area contributed by atoms with Crippen LogP contribution in [0.3, 0.4) is 0 Å². The summed E-state index contributed by atoms with van der Waals surface area (Å²) in [5, 5.41) is 10.4. The number of halogens is 2. The summed E-state index contributed by atoms with van der Waals surface area (Å²) in [4.78, 5) is 37.5. The molecule has 0 aliphatic carbocycles. The zero-order valence-electron chi connectivity index (χ0n) is 18.4. The van der Waals surface area contributed by atoms with Gasteiger partial charge < -0.3 is 13.9 Å². The van der Waals surface area contributed by atoms with Gasteiger partial charge in [0.05, 0.1) is 24.8 Å².